The van der Waals surface area contributed by atoms with Crippen LogP contribution in [0.3, 0.4) is 0 Å². The molecule has 2 saturated carbocycles. The standard InChI is InChI=1S/C31H48O4/c1-18(2)19(3)9-10-20(27(34)35)23-17-26(33)31(8)22-11-12-24-28(4,5)25(32)14-15-29(24,6)21(22)13-16-30(23,31)7/h11,13,18,20,23-26,32-33H,3,9-10,12,14-17H2,1-2,4-8H3,(H,34,35)/t20-,23-,24?,25?,26?,29-,30-,31-/m1/s1. The van der Waals surface area contributed by atoms with E-state index in [2.05, 4.69) is 67.2 Å². The molecule has 3 unspecified atom stereocenters. The van der Waals surface area contributed by atoms with Gasteiger partial charge in [0.15, 0.2) is 0 Å². The molecule has 0 saturated heterocycles. The summed E-state index contributed by atoms with van der Waals surface area (Å²) in [6.07, 6.45) is 9.14. The molecular formula is C31H48O4. The molecule has 2 fully saturated rings. The van der Waals surface area contributed by atoms with Crippen LogP contribution in [0.4, 0.5) is 0 Å². The molecule has 0 amide bonds. The number of carbonyl (C=O) groups is 1. The molecule has 8 atom stereocenters. The van der Waals surface area contributed by atoms with Gasteiger partial charge in [0.2, 0.25) is 0 Å². The number of aliphatic carboxylic acids is 1. The molecule has 196 valence electrons. The molecule has 35 heavy (non-hydrogen) atoms. The molecule has 4 nitrogen and oxygen atoms in total. The Morgan fingerprint density at radius 1 is 1.09 bits per heavy atom. The number of aliphatic hydroxyl groups is 2. The number of rotatable bonds is 6. The van der Waals surface area contributed by atoms with E-state index in [-0.39, 0.29) is 28.3 Å². The normalized spacial score (nSPS) is 42.9. The van der Waals surface area contributed by atoms with E-state index in [1.165, 1.54) is 11.1 Å². The average molecular weight is 485 g/mol. The highest BCUT2D eigenvalue weighted by Gasteiger charge is 2.67. The number of hydrogen-bond acceptors (Lipinski definition) is 3. The number of allylic oxidation sites excluding steroid dienone is 4. The van der Waals surface area contributed by atoms with E-state index >= 15 is 0 Å². The molecule has 0 aromatic rings. The number of carboxylic acid groups (broad SMARTS) is 1. The Morgan fingerprint density at radius 2 is 1.74 bits per heavy atom. The molecule has 3 N–H and O–H groups in total. The van der Waals surface area contributed by atoms with Gasteiger partial charge in [0, 0.05) is 5.41 Å². The minimum atomic E-state index is -0.744. The van der Waals surface area contributed by atoms with E-state index in [1.807, 2.05) is 0 Å². The highest BCUT2D eigenvalue weighted by atomic mass is 16.4. The zero-order valence-electron chi connectivity index (χ0n) is 23.0. The van der Waals surface area contributed by atoms with Crippen molar-refractivity contribution in [1.29, 1.82) is 0 Å². The van der Waals surface area contributed by atoms with Crippen molar-refractivity contribution in [2.75, 3.05) is 0 Å². The molecule has 4 heteroatoms. The van der Waals surface area contributed by atoms with E-state index in [0.717, 1.165) is 37.7 Å². The second-order valence-corrected chi connectivity index (χ2v) is 13.8. The zero-order chi connectivity index (χ0) is 26.1. The van der Waals surface area contributed by atoms with Crippen LogP contribution in [0, 0.1) is 45.3 Å². The van der Waals surface area contributed by atoms with E-state index in [4.69, 9.17) is 0 Å². The molecule has 0 aromatic carbocycles. The molecule has 0 aliphatic heterocycles. The summed E-state index contributed by atoms with van der Waals surface area (Å²) in [5.74, 6) is -0.623. The van der Waals surface area contributed by atoms with Crippen LogP contribution in [0.2, 0.25) is 0 Å². The smallest absolute Gasteiger partial charge is 0.306 e. The van der Waals surface area contributed by atoms with Gasteiger partial charge in [-0.25, -0.2) is 0 Å². The first-order chi connectivity index (χ1) is 16.1. The van der Waals surface area contributed by atoms with Gasteiger partial charge in [-0.2, -0.15) is 0 Å². The summed E-state index contributed by atoms with van der Waals surface area (Å²) >= 11 is 0. The minimum absolute atomic E-state index is 0.0316. The zero-order valence-corrected chi connectivity index (χ0v) is 23.0. The fraction of sp³-hybridized carbons (Fsp3) is 0.774. The van der Waals surface area contributed by atoms with Gasteiger partial charge in [-0.15, -0.1) is 0 Å². The van der Waals surface area contributed by atoms with Crippen LogP contribution in [-0.2, 0) is 4.79 Å². The Morgan fingerprint density at radius 3 is 2.34 bits per heavy atom. The van der Waals surface area contributed by atoms with Gasteiger partial charge < -0.3 is 15.3 Å². The third kappa shape index (κ3) is 3.64. The molecular weight excluding hydrogens is 436 g/mol. The fourth-order valence-corrected chi connectivity index (χ4v) is 8.81. The van der Waals surface area contributed by atoms with Crippen LogP contribution in [0.1, 0.15) is 93.4 Å². The Hall–Kier alpha value is -1.39. The van der Waals surface area contributed by atoms with Crippen LogP contribution >= 0.6 is 0 Å². The summed E-state index contributed by atoms with van der Waals surface area (Å²) in [4.78, 5) is 12.6. The maximum Gasteiger partial charge on any atom is 0.306 e. The summed E-state index contributed by atoms with van der Waals surface area (Å²) in [5.41, 5.74) is 2.72. The van der Waals surface area contributed by atoms with Crippen molar-refractivity contribution < 1.29 is 20.1 Å². The topological polar surface area (TPSA) is 77.8 Å². The highest BCUT2D eigenvalue weighted by molar-refractivity contribution is 5.71. The van der Waals surface area contributed by atoms with Crippen LogP contribution in [-0.4, -0.2) is 33.5 Å². The van der Waals surface area contributed by atoms with Crippen LogP contribution in [0.25, 0.3) is 0 Å². The summed E-state index contributed by atoms with van der Waals surface area (Å²) in [5, 5.41) is 32.8. The summed E-state index contributed by atoms with van der Waals surface area (Å²) in [7, 11) is 0. The van der Waals surface area contributed by atoms with Crippen LogP contribution < -0.4 is 0 Å². The molecule has 4 rings (SSSR count). The van der Waals surface area contributed by atoms with Crippen molar-refractivity contribution >= 4 is 5.97 Å². The lowest BCUT2D eigenvalue weighted by Gasteiger charge is -2.61. The highest BCUT2D eigenvalue weighted by Crippen LogP contribution is 2.71. The van der Waals surface area contributed by atoms with E-state index < -0.39 is 23.4 Å². The van der Waals surface area contributed by atoms with Crippen LogP contribution in [0.15, 0.2) is 35.5 Å². The molecule has 0 heterocycles. The number of carboxylic acids is 1. The lowest BCUT2D eigenvalue weighted by molar-refractivity contribution is -0.146. The molecule has 0 aromatic heterocycles. The second kappa shape index (κ2) is 8.58. The first-order valence-corrected chi connectivity index (χ1v) is 13.8. The van der Waals surface area contributed by atoms with Gasteiger partial charge in [-0.3, -0.25) is 4.79 Å². The number of fused-ring (bicyclic) bond motifs is 5. The van der Waals surface area contributed by atoms with Crippen molar-refractivity contribution in [3.8, 4) is 0 Å². The third-order valence-electron chi connectivity index (χ3n) is 11.8. The fourth-order valence-electron chi connectivity index (χ4n) is 8.81. The first kappa shape index (κ1) is 26.7. The van der Waals surface area contributed by atoms with Gasteiger partial charge in [-0.1, -0.05) is 72.8 Å². The summed E-state index contributed by atoms with van der Waals surface area (Å²) < 4.78 is 0. The van der Waals surface area contributed by atoms with Gasteiger partial charge in [0.25, 0.3) is 0 Å². The van der Waals surface area contributed by atoms with Crippen molar-refractivity contribution in [3.63, 3.8) is 0 Å². The molecule has 0 radical (unpaired) electrons. The summed E-state index contributed by atoms with van der Waals surface area (Å²) in [6, 6.07) is 0. The molecule has 4 aliphatic carbocycles. The van der Waals surface area contributed by atoms with Gasteiger partial charge in [0.05, 0.1) is 18.1 Å². The Labute approximate surface area is 212 Å². The molecule has 0 bridgehead atoms. The third-order valence-corrected chi connectivity index (χ3v) is 11.8. The van der Waals surface area contributed by atoms with Crippen molar-refractivity contribution in [2.45, 2.75) is 106 Å². The van der Waals surface area contributed by atoms with Crippen molar-refractivity contribution in [1.82, 2.24) is 0 Å². The largest absolute Gasteiger partial charge is 0.481 e. The lowest BCUT2D eigenvalue weighted by atomic mass is 9.44. The maximum atomic E-state index is 12.6. The van der Waals surface area contributed by atoms with Gasteiger partial charge >= 0.3 is 5.97 Å². The molecule has 4 aliphatic rings. The minimum Gasteiger partial charge on any atom is -0.481 e. The van der Waals surface area contributed by atoms with Gasteiger partial charge in [-0.05, 0) is 90.1 Å². The van der Waals surface area contributed by atoms with Crippen molar-refractivity contribution in [2.24, 2.45) is 45.3 Å². The van der Waals surface area contributed by atoms with Crippen LogP contribution in [0.5, 0.6) is 0 Å². The van der Waals surface area contributed by atoms with Crippen molar-refractivity contribution in [3.05, 3.63) is 35.5 Å². The number of aliphatic hydroxyl groups excluding tert-OH is 2. The van der Waals surface area contributed by atoms with E-state index in [9.17, 15) is 20.1 Å². The van der Waals surface area contributed by atoms with E-state index in [1.54, 1.807) is 0 Å². The second-order valence-electron chi connectivity index (χ2n) is 13.8. The Bertz CT molecular complexity index is 957. The van der Waals surface area contributed by atoms with Gasteiger partial charge in [0.1, 0.15) is 0 Å². The molecule has 0 spiro atoms. The maximum absolute atomic E-state index is 12.6. The van der Waals surface area contributed by atoms with E-state index in [0.29, 0.717) is 24.7 Å². The predicted molar refractivity (Wildman–Crippen MR) is 141 cm³/mol. The average Bonchev–Trinajstić information content (AvgIpc) is 2.98. The Kier molecular flexibility index (Phi) is 6.54. The monoisotopic (exact) mass is 484 g/mol. The Balaban J connectivity index is 1.73. The quantitative estimate of drug-likeness (QED) is 0.374. The lowest BCUT2D eigenvalue weighted by Crippen LogP contribution is -2.55. The first-order valence-electron chi connectivity index (χ1n) is 13.8. The number of hydrogen-bond donors (Lipinski definition) is 3. The predicted octanol–water partition coefficient (Wildman–Crippen LogP) is 6.54. The SMILES string of the molecule is C=C(CC[C@@H](C(=O)O)[C@H]1CC(O)[C@@]2(C)C3=CCC4C(C)(C)C(O)CC[C@]4(C)C3=CC[C@]12C)C(C)C. The summed E-state index contributed by atoms with van der Waals surface area (Å²) in [6.45, 7) is 19.6.